The van der Waals surface area contributed by atoms with Crippen LogP contribution in [0.1, 0.15) is 57.8 Å². The van der Waals surface area contributed by atoms with Crippen molar-refractivity contribution in [3.63, 3.8) is 0 Å². The van der Waals surface area contributed by atoms with E-state index >= 15 is 0 Å². The molecule has 0 bridgehead atoms. The van der Waals surface area contributed by atoms with E-state index in [4.69, 9.17) is 0 Å². The summed E-state index contributed by atoms with van der Waals surface area (Å²) in [4.78, 5) is 16.3. The van der Waals surface area contributed by atoms with E-state index in [0.29, 0.717) is 17.6 Å². The summed E-state index contributed by atoms with van der Waals surface area (Å²) in [5, 5.41) is 0. The fraction of sp³-hybridized carbons (Fsp3) is 0.944. The molecule has 0 aromatic rings. The van der Waals surface area contributed by atoms with Crippen LogP contribution in [-0.4, -0.2) is 45.1 Å². The lowest BCUT2D eigenvalue weighted by Crippen LogP contribution is -3.14. The average molecular weight is 294 g/mol. The number of nitrogens with one attached hydrogen (secondary N) is 2. The van der Waals surface area contributed by atoms with Gasteiger partial charge in [-0.1, -0.05) is 6.42 Å². The highest BCUT2D eigenvalue weighted by Crippen LogP contribution is 2.24. The van der Waals surface area contributed by atoms with Gasteiger partial charge in [-0.05, 0) is 51.4 Å². The van der Waals surface area contributed by atoms with Gasteiger partial charge in [-0.15, -0.1) is 0 Å². The quantitative estimate of drug-likeness (QED) is 0.756. The zero-order valence-corrected chi connectivity index (χ0v) is 13.7. The molecule has 0 radical (unpaired) electrons. The molecule has 0 unspecified atom stereocenters. The lowest BCUT2D eigenvalue weighted by atomic mass is 9.79. The van der Waals surface area contributed by atoms with E-state index in [1.807, 2.05) is 0 Å². The lowest BCUT2D eigenvalue weighted by Gasteiger charge is -2.33. The molecule has 3 aliphatic rings. The first-order chi connectivity index (χ1) is 10.3. The zero-order chi connectivity index (χ0) is 14.5. The number of ketones is 1. The number of carbonyl (C=O) groups is 1. The first kappa shape index (κ1) is 15.5. The summed E-state index contributed by atoms with van der Waals surface area (Å²) in [6.07, 6.45) is 11.9. The summed E-state index contributed by atoms with van der Waals surface area (Å²) in [6.45, 7) is 7.53. The molecule has 2 atom stereocenters. The van der Waals surface area contributed by atoms with Gasteiger partial charge in [-0.2, -0.15) is 0 Å². The molecule has 2 N–H and O–H groups in total. The fourth-order valence-electron chi connectivity index (χ4n) is 4.84. The Morgan fingerprint density at radius 2 is 1.10 bits per heavy atom. The van der Waals surface area contributed by atoms with Crippen LogP contribution in [0.3, 0.4) is 0 Å². The molecule has 1 aliphatic carbocycles. The number of likely N-dealkylation sites (tertiary alicyclic amines) is 2. The number of Topliss-reactive ketones (excluding diaryl/α,β-unsaturated/α-hetero) is 1. The first-order valence-corrected chi connectivity index (χ1v) is 9.54. The molecule has 0 amide bonds. The molecule has 2 heterocycles. The van der Waals surface area contributed by atoms with Crippen LogP contribution < -0.4 is 9.80 Å². The summed E-state index contributed by atoms with van der Waals surface area (Å²) in [5.74, 6) is 1.42. The molecule has 1 saturated carbocycles. The maximum Gasteiger partial charge on any atom is 0.150 e. The lowest BCUT2D eigenvalue weighted by molar-refractivity contribution is -0.909. The number of piperidine rings is 2. The summed E-state index contributed by atoms with van der Waals surface area (Å²) < 4.78 is 0. The molecular formula is C18H34N2O+2. The topological polar surface area (TPSA) is 26.0 Å². The Hall–Kier alpha value is -0.410. The van der Waals surface area contributed by atoms with E-state index in [9.17, 15) is 4.79 Å². The molecule has 3 rings (SSSR count). The third-order valence-electron chi connectivity index (χ3n) is 6.10. The highest BCUT2D eigenvalue weighted by atomic mass is 16.1. The van der Waals surface area contributed by atoms with Crippen molar-refractivity contribution in [3.05, 3.63) is 0 Å². The van der Waals surface area contributed by atoms with Crippen LogP contribution in [0.15, 0.2) is 0 Å². The largest absolute Gasteiger partial charge is 0.334 e. The molecule has 3 nitrogen and oxygen atoms in total. The van der Waals surface area contributed by atoms with Gasteiger partial charge in [0.1, 0.15) is 5.78 Å². The normalized spacial score (nSPS) is 33.2. The van der Waals surface area contributed by atoms with Gasteiger partial charge in [0, 0.05) is 0 Å². The Balaban J connectivity index is 1.50. The predicted molar refractivity (Wildman–Crippen MR) is 84.7 cm³/mol. The number of hydrogen-bond donors (Lipinski definition) is 2. The van der Waals surface area contributed by atoms with Gasteiger partial charge < -0.3 is 9.80 Å². The minimum absolute atomic E-state index is 0.390. The molecule has 2 saturated heterocycles. The second-order valence-corrected chi connectivity index (χ2v) is 7.76. The van der Waals surface area contributed by atoms with Gasteiger partial charge >= 0.3 is 0 Å². The zero-order valence-electron chi connectivity index (χ0n) is 13.7. The van der Waals surface area contributed by atoms with E-state index < -0.39 is 0 Å². The Kier molecular flexibility index (Phi) is 5.70. The van der Waals surface area contributed by atoms with Crippen LogP contribution in [0.2, 0.25) is 0 Å². The minimum Gasteiger partial charge on any atom is -0.334 e. The molecule has 120 valence electrons. The number of carbonyl (C=O) groups excluding carboxylic acids is 1. The SMILES string of the molecule is O=C1[C@@H](C[NH+]2CCCCC2)CCC[C@@H]1C[NH+]1CCCCC1. The highest BCUT2D eigenvalue weighted by molar-refractivity contribution is 5.84. The second-order valence-electron chi connectivity index (χ2n) is 7.76. The van der Waals surface area contributed by atoms with Gasteiger partial charge in [0.2, 0.25) is 0 Å². The van der Waals surface area contributed by atoms with E-state index in [0.717, 1.165) is 13.1 Å². The van der Waals surface area contributed by atoms with Crippen molar-refractivity contribution in [1.82, 2.24) is 0 Å². The standard InChI is InChI=1S/C18H32N2O/c21-18-16(14-19-10-3-1-4-11-19)8-7-9-17(18)15-20-12-5-2-6-13-20/h16-17H,1-15H2/p+2/t16-,17-/m1/s1. The Bertz CT molecular complexity index is 302. The Morgan fingerprint density at radius 3 is 1.52 bits per heavy atom. The van der Waals surface area contributed by atoms with Crippen LogP contribution in [0.25, 0.3) is 0 Å². The van der Waals surface area contributed by atoms with Crippen molar-refractivity contribution in [2.75, 3.05) is 39.3 Å². The predicted octanol–water partition coefficient (Wildman–Crippen LogP) is 0.109. The van der Waals surface area contributed by atoms with Crippen molar-refractivity contribution in [2.45, 2.75) is 57.8 Å². The maximum absolute atomic E-state index is 12.8. The number of hydrogen-bond acceptors (Lipinski definition) is 1. The fourth-order valence-corrected chi connectivity index (χ4v) is 4.84. The third kappa shape index (κ3) is 4.29. The molecule has 0 aromatic heterocycles. The van der Waals surface area contributed by atoms with E-state index in [1.165, 1.54) is 84.0 Å². The molecule has 2 aliphatic heterocycles. The van der Waals surface area contributed by atoms with Crippen LogP contribution >= 0.6 is 0 Å². The van der Waals surface area contributed by atoms with Gasteiger partial charge in [-0.3, -0.25) is 4.79 Å². The van der Waals surface area contributed by atoms with Crippen LogP contribution in [-0.2, 0) is 4.79 Å². The van der Waals surface area contributed by atoms with Crippen LogP contribution in [0, 0.1) is 11.8 Å². The highest BCUT2D eigenvalue weighted by Gasteiger charge is 2.36. The van der Waals surface area contributed by atoms with Crippen molar-refractivity contribution in [2.24, 2.45) is 11.8 Å². The van der Waals surface area contributed by atoms with Gasteiger partial charge in [0.15, 0.2) is 0 Å². The molecule has 21 heavy (non-hydrogen) atoms. The maximum atomic E-state index is 12.8. The molecule has 0 spiro atoms. The third-order valence-corrected chi connectivity index (χ3v) is 6.10. The van der Waals surface area contributed by atoms with Gasteiger partial charge in [-0.25, -0.2) is 0 Å². The van der Waals surface area contributed by atoms with Crippen molar-refractivity contribution in [1.29, 1.82) is 0 Å². The summed E-state index contributed by atoms with van der Waals surface area (Å²) in [7, 11) is 0. The monoisotopic (exact) mass is 294 g/mol. The number of rotatable bonds is 4. The van der Waals surface area contributed by atoms with Gasteiger partial charge in [0.25, 0.3) is 0 Å². The average Bonchev–Trinajstić information content (AvgIpc) is 2.53. The molecule has 3 fully saturated rings. The number of quaternary nitrogens is 2. The van der Waals surface area contributed by atoms with E-state index in [-0.39, 0.29) is 0 Å². The van der Waals surface area contributed by atoms with E-state index in [2.05, 4.69) is 0 Å². The van der Waals surface area contributed by atoms with Crippen molar-refractivity contribution >= 4 is 5.78 Å². The second kappa shape index (κ2) is 7.73. The minimum atomic E-state index is 0.390. The first-order valence-electron chi connectivity index (χ1n) is 9.54. The van der Waals surface area contributed by atoms with Gasteiger partial charge in [0.05, 0.1) is 51.1 Å². The van der Waals surface area contributed by atoms with Crippen molar-refractivity contribution < 1.29 is 14.6 Å². The van der Waals surface area contributed by atoms with Crippen molar-refractivity contribution in [3.8, 4) is 0 Å². The summed E-state index contributed by atoms with van der Waals surface area (Å²) in [5.41, 5.74) is 0. The van der Waals surface area contributed by atoms with Crippen LogP contribution in [0.5, 0.6) is 0 Å². The molecular weight excluding hydrogens is 260 g/mol. The molecule has 3 heteroatoms. The Morgan fingerprint density at radius 1 is 0.667 bits per heavy atom. The van der Waals surface area contributed by atoms with Crippen LogP contribution in [0.4, 0.5) is 0 Å². The smallest absolute Gasteiger partial charge is 0.150 e. The molecule has 0 aromatic carbocycles. The Labute approximate surface area is 130 Å². The summed E-state index contributed by atoms with van der Waals surface area (Å²) >= 11 is 0. The van der Waals surface area contributed by atoms with E-state index in [1.54, 1.807) is 9.80 Å². The summed E-state index contributed by atoms with van der Waals surface area (Å²) in [6, 6.07) is 0.